The second-order valence-corrected chi connectivity index (χ2v) is 5.61. The van der Waals surface area contributed by atoms with Gasteiger partial charge < -0.3 is 4.90 Å². The van der Waals surface area contributed by atoms with Crippen molar-refractivity contribution in [3.8, 4) is 0 Å². The summed E-state index contributed by atoms with van der Waals surface area (Å²) >= 11 is 6.00. The molecule has 1 aromatic heterocycles. The number of carbonyl (C=O) groups is 2. The average Bonchev–Trinajstić information content (AvgIpc) is 2.82. The van der Waals surface area contributed by atoms with E-state index in [1.165, 1.54) is 11.5 Å². The highest BCUT2D eigenvalue weighted by Gasteiger charge is 2.19. The Bertz CT molecular complexity index is 691. The van der Waals surface area contributed by atoms with E-state index in [-0.39, 0.29) is 11.8 Å². The second kappa shape index (κ2) is 6.31. The molecule has 0 aliphatic carbocycles. The minimum absolute atomic E-state index is 0.0734. The lowest BCUT2D eigenvalue weighted by Crippen LogP contribution is -2.27. The van der Waals surface area contributed by atoms with Crippen LogP contribution in [-0.4, -0.2) is 34.9 Å². The number of halogens is 1. The first-order valence-electron chi connectivity index (χ1n) is 7.02. The van der Waals surface area contributed by atoms with E-state index in [9.17, 15) is 9.59 Å². The minimum Gasteiger partial charge on any atom is -0.342 e. The summed E-state index contributed by atoms with van der Waals surface area (Å²) in [6.45, 7) is 4.26. The molecule has 2 rings (SSSR count). The third-order valence-corrected chi connectivity index (χ3v) is 3.77. The zero-order valence-corrected chi connectivity index (χ0v) is 13.3. The van der Waals surface area contributed by atoms with Gasteiger partial charge >= 0.3 is 0 Å². The van der Waals surface area contributed by atoms with Crippen molar-refractivity contribution in [3.63, 3.8) is 0 Å². The van der Waals surface area contributed by atoms with Crippen LogP contribution in [0.15, 0.2) is 24.4 Å². The normalized spacial score (nSPS) is 10.9. The molecule has 0 aliphatic rings. The fraction of sp³-hybridized carbons (Fsp3) is 0.375. The molecule has 1 aromatic carbocycles. The smallest absolute Gasteiger partial charge is 0.255 e. The Morgan fingerprint density at radius 1 is 1.33 bits per heavy atom. The van der Waals surface area contributed by atoms with E-state index in [0.717, 1.165) is 18.2 Å². The largest absolute Gasteiger partial charge is 0.342 e. The Morgan fingerprint density at radius 2 is 2.05 bits per heavy atom. The monoisotopic (exact) mass is 306 g/mol. The Labute approximate surface area is 129 Å². The maximum Gasteiger partial charge on any atom is 0.255 e. The number of aromatic nitrogens is 1. The number of carbonyl (C=O) groups excluding carboxylic acids is 2. The molecule has 0 N–H and O–H groups in total. The maximum atomic E-state index is 12.6. The standard InChI is InChI=1S/C16H19ClN2O2/c1-4-5-8-18(3)16(21)14-10-19(11(2)20)15-9-12(17)6-7-13(14)15/h6-7,9-10H,4-5,8H2,1-3H3. The number of benzene rings is 1. The first-order valence-corrected chi connectivity index (χ1v) is 7.40. The van der Waals surface area contributed by atoms with Gasteiger partial charge in [0.15, 0.2) is 0 Å². The van der Waals surface area contributed by atoms with Crippen molar-refractivity contribution in [2.45, 2.75) is 26.7 Å². The van der Waals surface area contributed by atoms with Crippen LogP contribution in [0.4, 0.5) is 0 Å². The van der Waals surface area contributed by atoms with Gasteiger partial charge in [0.25, 0.3) is 5.91 Å². The molecule has 1 amide bonds. The molecule has 0 spiro atoms. The van der Waals surface area contributed by atoms with Crippen LogP contribution >= 0.6 is 11.6 Å². The van der Waals surface area contributed by atoms with Crippen molar-refractivity contribution < 1.29 is 9.59 Å². The molecule has 21 heavy (non-hydrogen) atoms. The van der Waals surface area contributed by atoms with Crippen LogP contribution in [0.3, 0.4) is 0 Å². The molecule has 0 atom stereocenters. The van der Waals surface area contributed by atoms with Crippen LogP contribution in [0.5, 0.6) is 0 Å². The molecular weight excluding hydrogens is 288 g/mol. The van der Waals surface area contributed by atoms with Crippen LogP contribution in [0.2, 0.25) is 5.02 Å². The van der Waals surface area contributed by atoms with Crippen molar-refractivity contribution in [2.75, 3.05) is 13.6 Å². The van der Waals surface area contributed by atoms with E-state index in [4.69, 9.17) is 11.6 Å². The lowest BCUT2D eigenvalue weighted by Gasteiger charge is -2.16. The van der Waals surface area contributed by atoms with Gasteiger partial charge in [-0.3, -0.25) is 14.2 Å². The van der Waals surface area contributed by atoms with Crippen molar-refractivity contribution >= 4 is 34.3 Å². The van der Waals surface area contributed by atoms with Crippen LogP contribution in [0.1, 0.15) is 41.8 Å². The van der Waals surface area contributed by atoms with Gasteiger partial charge in [0.1, 0.15) is 0 Å². The van der Waals surface area contributed by atoms with Gasteiger partial charge in [0, 0.05) is 37.1 Å². The number of amides is 1. The molecule has 4 nitrogen and oxygen atoms in total. The van der Waals surface area contributed by atoms with Crippen molar-refractivity contribution in [1.29, 1.82) is 0 Å². The van der Waals surface area contributed by atoms with Crippen molar-refractivity contribution in [3.05, 3.63) is 35.0 Å². The van der Waals surface area contributed by atoms with Gasteiger partial charge in [0.05, 0.1) is 11.1 Å². The summed E-state index contributed by atoms with van der Waals surface area (Å²) in [4.78, 5) is 26.0. The molecule has 0 bridgehead atoms. The van der Waals surface area contributed by atoms with Crippen LogP contribution in [0, 0.1) is 0 Å². The molecule has 0 aliphatic heterocycles. The quantitative estimate of drug-likeness (QED) is 0.861. The summed E-state index contributed by atoms with van der Waals surface area (Å²) in [7, 11) is 1.78. The number of nitrogens with zero attached hydrogens (tertiary/aromatic N) is 2. The van der Waals surface area contributed by atoms with Crippen LogP contribution < -0.4 is 0 Å². The molecule has 0 saturated carbocycles. The van der Waals surface area contributed by atoms with Gasteiger partial charge in [-0.25, -0.2) is 0 Å². The molecular formula is C16H19ClN2O2. The maximum absolute atomic E-state index is 12.6. The lowest BCUT2D eigenvalue weighted by molar-refractivity contribution is 0.0795. The number of hydrogen-bond acceptors (Lipinski definition) is 2. The molecule has 0 unspecified atom stereocenters. The molecule has 5 heteroatoms. The Balaban J connectivity index is 2.49. The topological polar surface area (TPSA) is 42.3 Å². The number of fused-ring (bicyclic) bond motifs is 1. The summed E-state index contributed by atoms with van der Waals surface area (Å²) in [6.07, 6.45) is 3.59. The van der Waals surface area contributed by atoms with E-state index in [1.54, 1.807) is 36.3 Å². The molecule has 112 valence electrons. The molecule has 0 fully saturated rings. The summed E-state index contributed by atoms with van der Waals surface area (Å²) in [5.41, 5.74) is 1.21. The molecule has 1 heterocycles. The number of rotatable bonds is 4. The Hall–Kier alpha value is -1.81. The van der Waals surface area contributed by atoms with E-state index in [1.807, 2.05) is 0 Å². The van der Waals surface area contributed by atoms with E-state index in [0.29, 0.717) is 22.6 Å². The van der Waals surface area contributed by atoms with Crippen LogP contribution in [0.25, 0.3) is 10.9 Å². The summed E-state index contributed by atoms with van der Waals surface area (Å²) in [5, 5.41) is 1.30. The first-order chi connectivity index (χ1) is 9.95. The van der Waals surface area contributed by atoms with Crippen molar-refractivity contribution in [2.24, 2.45) is 0 Å². The van der Waals surface area contributed by atoms with Gasteiger partial charge in [-0.2, -0.15) is 0 Å². The number of hydrogen-bond donors (Lipinski definition) is 0. The Kier molecular flexibility index (Phi) is 4.68. The fourth-order valence-corrected chi connectivity index (χ4v) is 2.50. The first kappa shape index (κ1) is 15.6. The predicted octanol–water partition coefficient (Wildman–Crippen LogP) is 3.83. The summed E-state index contributed by atoms with van der Waals surface area (Å²) in [6, 6.07) is 5.23. The van der Waals surface area contributed by atoms with Gasteiger partial charge in [-0.05, 0) is 18.6 Å². The van der Waals surface area contributed by atoms with Crippen LogP contribution in [-0.2, 0) is 0 Å². The third-order valence-electron chi connectivity index (χ3n) is 3.53. The number of unbranched alkanes of at least 4 members (excludes halogenated alkanes) is 1. The SMILES string of the molecule is CCCCN(C)C(=O)c1cn(C(C)=O)c2cc(Cl)ccc12. The van der Waals surface area contributed by atoms with Gasteiger partial charge in [-0.15, -0.1) is 0 Å². The van der Waals surface area contributed by atoms with E-state index in [2.05, 4.69) is 6.92 Å². The Morgan fingerprint density at radius 3 is 2.67 bits per heavy atom. The second-order valence-electron chi connectivity index (χ2n) is 5.17. The minimum atomic E-state index is -0.141. The molecule has 0 saturated heterocycles. The van der Waals surface area contributed by atoms with Crippen molar-refractivity contribution in [1.82, 2.24) is 9.47 Å². The molecule has 2 aromatic rings. The highest BCUT2D eigenvalue weighted by Crippen LogP contribution is 2.25. The zero-order valence-electron chi connectivity index (χ0n) is 12.5. The fourth-order valence-electron chi connectivity index (χ4n) is 2.33. The predicted molar refractivity (Wildman–Crippen MR) is 85.1 cm³/mol. The molecule has 0 radical (unpaired) electrons. The summed E-state index contributed by atoms with van der Waals surface area (Å²) < 4.78 is 1.47. The lowest BCUT2D eigenvalue weighted by atomic mass is 10.1. The highest BCUT2D eigenvalue weighted by molar-refractivity contribution is 6.31. The van der Waals surface area contributed by atoms with E-state index < -0.39 is 0 Å². The third kappa shape index (κ3) is 3.10. The zero-order chi connectivity index (χ0) is 15.6. The average molecular weight is 307 g/mol. The van der Waals surface area contributed by atoms with Gasteiger partial charge in [-0.1, -0.05) is 31.0 Å². The van der Waals surface area contributed by atoms with E-state index >= 15 is 0 Å². The highest BCUT2D eigenvalue weighted by atomic mass is 35.5. The summed E-state index contributed by atoms with van der Waals surface area (Å²) in [5.74, 6) is -0.215. The van der Waals surface area contributed by atoms with Gasteiger partial charge in [0.2, 0.25) is 5.91 Å².